The summed E-state index contributed by atoms with van der Waals surface area (Å²) < 4.78 is 16.8. The van der Waals surface area contributed by atoms with Crippen LogP contribution in [0.2, 0.25) is 0 Å². The summed E-state index contributed by atoms with van der Waals surface area (Å²) in [6.07, 6.45) is 1.99. The summed E-state index contributed by atoms with van der Waals surface area (Å²) in [6, 6.07) is 21.4. The Balaban J connectivity index is 0.000000245. The minimum atomic E-state index is 0.265. The van der Waals surface area contributed by atoms with Gasteiger partial charge in [0.2, 0.25) is 0 Å². The minimum absolute atomic E-state index is 0.265. The van der Waals surface area contributed by atoms with Gasteiger partial charge in [0.05, 0.1) is 13.2 Å². The van der Waals surface area contributed by atoms with Crippen LogP contribution in [0.4, 0.5) is 0 Å². The van der Waals surface area contributed by atoms with Crippen molar-refractivity contribution in [3.63, 3.8) is 0 Å². The van der Waals surface area contributed by atoms with Crippen molar-refractivity contribution in [3.05, 3.63) is 83.4 Å². The molecular weight excluding hydrogens is 388 g/mol. The van der Waals surface area contributed by atoms with E-state index in [0.29, 0.717) is 13.2 Å². The summed E-state index contributed by atoms with van der Waals surface area (Å²) in [5.74, 6) is 2.75. The van der Waals surface area contributed by atoms with E-state index < -0.39 is 0 Å². The number of phenols is 1. The molecule has 0 atom stereocenters. The van der Waals surface area contributed by atoms with Gasteiger partial charge in [0.15, 0.2) is 0 Å². The van der Waals surface area contributed by atoms with Crippen molar-refractivity contribution in [2.75, 3.05) is 13.2 Å². The van der Waals surface area contributed by atoms with Crippen LogP contribution in [-0.2, 0) is 6.61 Å². The zero-order chi connectivity index (χ0) is 22.5. The molecule has 31 heavy (non-hydrogen) atoms. The van der Waals surface area contributed by atoms with Gasteiger partial charge in [0.1, 0.15) is 29.6 Å². The summed E-state index contributed by atoms with van der Waals surface area (Å²) in [7, 11) is 0. The van der Waals surface area contributed by atoms with Gasteiger partial charge < -0.3 is 19.3 Å². The number of hydrogen-bond acceptors (Lipinski definition) is 4. The van der Waals surface area contributed by atoms with Crippen molar-refractivity contribution in [1.82, 2.24) is 0 Å². The molecule has 3 aromatic carbocycles. The van der Waals surface area contributed by atoms with Crippen LogP contribution in [0, 0.1) is 13.8 Å². The van der Waals surface area contributed by atoms with E-state index in [-0.39, 0.29) is 5.75 Å². The first-order valence-corrected chi connectivity index (χ1v) is 10.8. The highest BCUT2D eigenvalue weighted by Crippen LogP contribution is 2.24. The fourth-order valence-electron chi connectivity index (χ4n) is 2.87. The van der Waals surface area contributed by atoms with E-state index in [9.17, 15) is 5.11 Å². The van der Waals surface area contributed by atoms with Gasteiger partial charge in [0, 0.05) is 12.1 Å². The third kappa shape index (κ3) is 9.47. The molecule has 0 aliphatic heterocycles. The van der Waals surface area contributed by atoms with E-state index in [4.69, 9.17) is 14.2 Å². The molecule has 0 heterocycles. The quantitative estimate of drug-likeness (QED) is 0.409. The summed E-state index contributed by atoms with van der Waals surface area (Å²) in [5, 5.41) is 9.21. The molecule has 0 amide bonds. The zero-order valence-corrected chi connectivity index (χ0v) is 19.1. The first kappa shape index (κ1) is 24.1. The molecule has 3 aromatic rings. The first-order valence-electron chi connectivity index (χ1n) is 10.8. The average molecular weight is 423 g/mol. The molecule has 0 saturated carbocycles. The average Bonchev–Trinajstić information content (AvgIpc) is 2.75. The maximum absolute atomic E-state index is 9.21. The predicted octanol–water partition coefficient (Wildman–Crippen LogP) is 6.85. The standard InChI is InChI=1S/C17H20O2.C10H14O2/c1-3-9-18-16-10-14(2)11-17(12-16)19-13-15-7-5-4-6-8-15;1-3-4-12-10-6-8(2)5-9(11)7-10/h4-8,10-12H,3,9,13H2,1-2H3;5-7,11H,3-4H2,1-2H3. The third-order valence-electron chi connectivity index (χ3n) is 4.25. The molecule has 0 unspecified atom stereocenters. The van der Waals surface area contributed by atoms with E-state index in [1.165, 1.54) is 5.56 Å². The van der Waals surface area contributed by atoms with Crippen LogP contribution in [0.1, 0.15) is 43.4 Å². The molecule has 4 nitrogen and oxygen atoms in total. The Labute approximate surface area is 186 Å². The topological polar surface area (TPSA) is 47.9 Å². The number of aromatic hydroxyl groups is 1. The van der Waals surface area contributed by atoms with E-state index in [1.54, 1.807) is 12.1 Å². The van der Waals surface area contributed by atoms with E-state index in [2.05, 4.69) is 26.0 Å². The van der Waals surface area contributed by atoms with Gasteiger partial charge in [-0.2, -0.15) is 0 Å². The van der Waals surface area contributed by atoms with Gasteiger partial charge in [-0.1, -0.05) is 44.2 Å². The number of hydrogen-bond donors (Lipinski definition) is 1. The van der Waals surface area contributed by atoms with Gasteiger partial charge in [-0.05, 0) is 67.6 Å². The van der Waals surface area contributed by atoms with Crippen molar-refractivity contribution >= 4 is 0 Å². The molecule has 1 N–H and O–H groups in total. The molecule has 0 fully saturated rings. The Morgan fingerprint density at radius 3 is 1.71 bits per heavy atom. The number of rotatable bonds is 9. The van der Waals surface area contributed by atoms with Crippen molar-refractivity contribution in [3.8, 4) is 23.0 Å². The molecule has 0 saturated heterocycles. The molecular formula is C27H34O4. The van der Waals surface area contributed by atoms with Crippen molar-refractivity contribution in [1.29, 1.82) is 0 Å². The Hall–Kier alpha value is -3.14. The number of phenolic OH excluding ortho intramolecular Hbond substituents is 1. The largest absolute Gasteiger partial charge is 0.508 e. The van der Waals surface area contributed by atoms with Crippen LogP contribution in [0.3, 0.4) is 0 Å². The van der Waals surface area contributed by atoms with Gasteiger partial charge >= 0.3 is 0 Å². The smallest absolute Gasteiger partial charge is 0.123 e. The maximum Gasteiger partial charge on any atom is 0.123 e. The predicted molar refractivity (Wildman–Crippen MR) is 126 cm³/mol. The van der Waals surface area contributed by atoms with E-state index in [1.807, 2.05) is 56.3 Å². The lowest BCUT2D eigenvalue weighted by Crippen LogP contribution is -1.98. The van der Waals surface area contributed by atoms with Crippen LogP contribution in [0.15, 0.2) is 66.7 Å². The normalized spacial score (nSPS) is 10.1. The summed E-state index contributed by atoms with van der Waals surface area (Å²) >= 11 is 0. The molecule has 0 radical (unpaired) electrons. The zero-order valence-electron chi connectivity index (χ0n) is 19.1. The first-order chi connectivity index (χ1) is 15.0. The van der Waals surface area contributed by atoms with Gasteiger partial charge in [-0.15, -0.1) is 0 Å². The lowest BCUT2D eigenvalue weighted by molar-refractivity contribution is 0.294. The molecule has 166 valence electrons. The van der Waals surface area contributed by atoms with Crippen LogP contribution in [0.5, 0.6) is 23.0 Å². The highest BCUT2D eigenvalue weighted by Gasteiger charge is 2.01. The molecule has 0 bridgehead atoms. The monoisotopic (exact) mass is 422 g/mol. The molecule has 3 rings (SSSR count). The Morgan fingerprint density at radius 2 is 1.16 bits per heavy atom. The van der Waals surface area contributed by atoms with E-state index in [0.717, 1.165) is 47.8 Å². The second kappa shape index (κ2) is 13.2. The van der Waals surface area contributed by atoms with Crippen molar-refractivity contribution < 1.29 is 19.3 Å². The highest BCUT2D eigenvalue weighted by atomic mass is 16.5. The summed E-state index contributed by atoms with van der Waals surface area (Å²) in [5.41, 5.74) is 3.33. The summed E-state index contributed by atoms with van der Waals surface area (Å²) in [4.78, 5) is 0. The molecule has 0 aliphatic rings. The Bertz CT molecular complexity index is 886. The fraction of sp³-hybridized carbons (Fsp3) is 0.333. The molecule has 0 spiro atoms. The third-order valence-corrected chi connectivity index (χ3v) is 4.25. The SMILES string of the molecule is CCCOc1cc(C)cc(O)c1.CCCOc1cc(C)cc(OCc2ccccc2)c1. The summed E-state index contributed by atoms with van der Waals surface area (Å²) in [6.45, 7) is 10.1. The Morgan fingerprint density at radius 1 is 0.645 bits per heavy atom. The van der Waals surface area contributed by atoms with E-state index >= 15 is 0 Å². The van der Waals surface area contributed by atoms with Crippen molar-refractivity contribution in [2.45, 2.75) is 47.1 Å². The maximum atomic E-state index is 9.21. The van der Waals surface area contributed by atoms with Crippen LogP contribution in [-0.4, -0.2) is 18.3 Å². The van der Waals surface area contributed by atoms with Gasteiger partial charge in [0.25, 0.3) is 0 Å². The van der Waals surface area contributed by atoms with Crippen LogP contribution in [0.25, 0.3) is 0 Å². The highest BCUT2D eigenvalue weighted by molar-refractivity contribution is 5.38. The number of ether oxygens (including phenoxy) is 3. The van der Waals surface area contributed by atoms with Crippen LogP contribution >= 0.6 is 0 Å². The van der Waals surface area contributed by atoms with Crippen molar-refractivity contribution in [2.24, 2.45) is 0 Å². The Kier molecular flexibility index (Phi) is 10.3. The van der Waals surface area contributed by atoms with Gasteiger partial charge in [-0.3, -0.25) is 0 Å². The lowest BCUT2D eigenvalue weighted by Gasteiger charge is -2.10. The van der Waals surface area contributed by atoms with Gasteiger partial charge in [-0.25, -0.2) is 0 Å². The fourth-order valence-corrected chi connectivity index (χ4v) is 2.87. The second-order valence-corrected chi connectivity index (χ2v) is 7.46. The molecule has 0 aliphatic carbocycles. The minimum Gasteiger partial charge on any atom is -0.508 e. The number of aryl methyl sites for hydroxylation is 2. The van der Waals surface area contributed by atoms with Crippen LogP contribution < -0.4 is 14.2 Å². The number of benzene rings is 3. The lowest BCUT2D eigenvalue weighted by atomic mass is 10.2. The second-order valence-electron chi connectivity index (χ2n) is 7.46. The molecule has 0 aromatic heterocycles. The molecule has 4 heteroatoms.